The smallest absolute Gasteiger partial charge is 0.451 e. The summed E-state index contributed by atoms with van der Waals surface area (Å²) in [5.41, 5.74) is 3.52. The minimum absolute atomic E-state index is 0.481. The van der Waals surface area contributed by atoms with Crippen molar-refractivity contribution in [3.8, 4) is 5.75 Å². The van der Waals surface area contributed by atoms with E-state index >= 15 is 0 Å². The van der Waals surface area contributed by atoms with Crippen LogP contribution in [0.3, 0.4) is 0 Å². The molecule has 2 aromatic heterocycles. The molecule has 1 aromatic carbocycles. The molecule has 0 atom stereocenters. The van der Waals surface area contributed by atoms with Crippen LogP contribution >= 0.6 is 0 Å². The molecule has 27 heavy (non-hydrogen) atoms. The molecule has 0 amide bonds. The number of aromatic nitrogens is 3. The zero-order valence-corrected chi connectivity index (χ0v) is 15.0. The van der Waals surface area contributed by atoms with Gasteiger partial charge in [0.1, 0.15) is 5.75 Å². The van der Waals surface area contributed by atoms with Gasteiger partial charge in [-0.3, -0.25) is 4.90 Å². The summed E-state index contributed by atoms with van der Waals surface area (Å²) in [5.74, 6) is -0.261. The molecule has 0 N–H and O–H groups in total. The van der Waals surface area contributed by atoms with E-state index in [0.717, 1.165) is 27.8 Å². The molecule has 0 spiro atoms. The predicted molar refractivity (Wildman–Crippen MR) is 94.3 cm³/mol. The van der Waals surface area contributed by atoms with Gasteiger partial charge < -0.3 is 9.30 Å². The second-order valence-corrected chi connectivity index (χ2v) is 6.77. The summed E-state index contributed by atoms with van der Waals surface area (Å²) in [6, 6.07) is 5.97. The van der Waals surface area contributed by atoms with Crippen LogP contribution in [0.5, 0.6) is 5.75 Å². The fourth-order valence-corrected chi connectivity index (χ4v) is 3.59. The molecule has 0 radical (unpaired) electrons. The third-order valence-corrected chi connectivity index (χ3v) is 4.94. The molecule has 0 unspecified atom stereocenters. The van der Waals surface area contributed by atoms with E-state index in [1.54, 1.807) is 7.11 Å². The molecule has 142 valence electrons. The molecule has 0 saturated heterocycles. The summed E-state index contributed by atoms with van der Waals surface area (Å²) in [6.45, 7) is 1.89. The van der Waals surface area contributed by atoms with Gasteiger partial charge in [-0.15, -0.1) is 0 Å². The fourth-order valence-electron chi connectivity index (χ4n) is 3.59. The van der Waals surface area contributed by atoms with Crippen LogP contribution in [0.25, 0.3) is 10.9 Å². The quantitative estimate of drug-likeness (QED) is 0.701. The maximum Gasteiger partial charge on any atom is 0.451 e. The van der Waals surface area contributed by atoms with Gasteiger partial charge in [0.25, 0.3) is 0 Å². The van der Waals surface area contributed by atoms with Crippen molar-refractivity contribution in [3.63, 3.8) is 0 Å². The number of fused-ring (bicyclic) bond motifs is 2. The van der Waals surface area contributed by atoms with E-state index < -0.39 is 12.0 Å². The van der Waals surface area contributed by atoms with Gasteiger partial charge in [0.2, 0.25) is 5.82 Å². The van der Waals surface area contributed by atoms with E-state index in [0.29, 0.717) is 31.7 Å². The Kier molecular flexibility index (Phi) is 4.30. The van der Waals surface area contributed by atoms with Crippen molar-refractivity contribution in [1.29, 1.82) is 0 Å². The van der Waals surface area contributed by atoms with Gasteiger partial charge >= 0.3 is 6.18 Å². The SMILES string of the molecule is COc1ccc2c(c1)c(CN1CCc3nc(C(F)(F)F)ncc3C1)cn2C. The van der Waals surface area contributed by atoms with Crippen molar-refractivity contribution in [1.82, 2.24) is 19.4 Å². The standard InChI is InChI=1S/C19H19F3N4O/c1-25-9-13(15-7-14(27-2)3-4-17(15)25)11-26-6-5-16-12(10-26)8-23-18(24-16)19(20,21)22/h3-4,7-9H,5-6,10-11H2,1-2H3. The first-order valence-corrected chi connectivity index (χ1v) is 8.61. The average molecular weight is 376 g/mol. The Morgan fingerprint density at radius 2 is 2.07 bits per heavy atom. The highest BCUT2D eigenvalue weighted by atomic mass is 19.4. The first-order valence-electron chi connectivity index (χ1n) is 8.61. The topological polar surface area (TPSA) is 43.2 Å². The lowest BCUT2D eigenvalue weighted by molar-refractivity contribution is -0.145. The van der Waals surface area contributed by atoms with E-state index in [-0.39, 0.29) is 0 Å². The number of hydrogen-bond donors (Lipinski definition) is 0. The van der Waals surface area contributed by atoms with Gasteiger partial charge in [-0.05, 0) is 23.8 Å². The van der Waals surface area contributed by atoms with Crippen molar-refractivity contribution in [2.45, 2.75) is 25.7 Å². The Hall–Kier alpha value is -2.61. The van der Waals surface area contributed by atoms with Crippen LogP contribution in [-0.4, -0.2) is 33.1 Å². The van der Waals surface area contributed by atoms with Crippen LogP contribution < -0.4 is 4.74 Å². The number of alkyl halides is 3. The minimum atomic E-state index is -4.51. The molecule has 1 aliphatic rings. The number of halogens is 3. The van der Waals surface area contributed by atoms with E-state index in [4.69, 9.17) is 4.74 Å². The highest BCUT2D eigenvalue weighted by Crippen LogP contribution is 2.30. The zero-order valence-electron chi connectivity index (χ0n) is 15.0. The van der Waals surface area contributed by atoms with Crippen LogP contribution in [-0.2, 0) is 32.7 Å². The summed E-state index contributed by atoms with van der Waals surface area (Å²) in [6.07, 6.45) is -0.629. The molecule has 3 aromatic rings. The summed E-state index contributed by atoms with van der Waals surface area (Å²) in [5, 5.41) is 1.12. The fraction of sp³-hybridized carbons (Fsp3) is 0.368. The molecule has 0 saturated carbocycles. The van der Waals surface area contributed by atoms with Crippen molar-refractivity contribution in [2.24, 2.45) is 7.05 Å². The van der Waals surface area contributed by atoms with Gasteiger partial charge in [0.05, 0.1) is 12.8 Å². The van der Waals surface area contributed by atoms with E-state index in [1.807, 2.05) is 25.2 Å². The van der Waals surface area contributed by atoms with Crippen molar-refractivity contribution < 1.29 is 17.9 Å². The Morgan fingerprint density at radius 1 is 1.26 bits per heavy atom. The molecule has 0 aliphatic carbocycles. The maximum absolute atomic E-state index is 12.8. The lowest BCUT2D eigenvalue weighted by atomic mass is 10.1. The van der Waals surface area contributed by atoms with Gasteiger partial charge in [-0.2, -0.15) is 13.2 Å². The molecule has 5 nitrogen and oxygen atoms in total. The molecule has 8 heteroatoms. The third-order valence-electron chi connectivity index (χ3n) is 4.94. The van der Waals surface area contributed by atoms with Crippen LogP contribution in [0, 0.1) is 0 Å². The molecule has 4 rings (SSSR count). The van der Waals surface area contributed by atoms with Crippen LogP contribution in [0.4, 0.5) is 13.2 Å². The molecule has 1 aliphatic heterocycles. The highest BCUT2D eigenvalue weighted by Gasteiger charge is 2.35. The monoisotopic (exact) mass is 376 g/mol. The van der Waals surface area contributed by atoms with Crippen molar-refractivity contribution in [3.05, 3.63) is 53.2 Å². The normalized spacial score (nSPS) is 15.1. The second kappa shape index (κ2) is 6.53. The number of aryl methyl sites for hydroxylation is 1. The average Bonchev–Trinajstić information content (AvgIpc) is 2.95. The summed E-state index contributed by atoms with van der Waals surface area (Å²) < 4.78 is 45.8. The number of nitrogens with zero attached hydrogens (tertiary/aromatic N) is 4. The first kappa shape index (κ1) is 17.8. The number of ether oxygens (including phenoxy) is 1. The zero-order chi connectivity index (χ0) is 19.2. The van der Waals surface area contributed by atoms with Crippen LogP contribution in [0.15, 0.2) is 30.6 Å². The lowest BCUT2D eigenvalue weighted by Crippen LogP contribution is -2.31. The number of benzene rings is 1. The Balaban J connectivity index is 1.58. The number of methoxy groups -OCH3 is 1. The summed E-state index contributed by atoms with van der Waals surface area (Å²) in [4.78, 5) is 9.42. The molecule has 0 bridgehead atoms. The van der Waals surface area contributed by atoms with Gasteiger partial charge in [0.15, 0.2) is 0 Å². The van der Waals surface area contributed by atoms with E-state index in [9.17, 15) is 13.2 Å². The van der Waals surface area contributed by atoms with E-state index in [1.165, 1.54) is 6.20 Å². The maximum atomic E-state index is 12.8. The molecular weight excluding hydrogens is 357 g/mol. The first-order chi connectivity index (χ1) is 12.8. The van der Waals surface area contributed by atoms with Crippen molar-refractivity contribution >= 4 is 10.9 Å². The minimum Gasteiger partial charge on any atom is -0.497 e. The highest BCUT2D eigenvalue weighted by molar-refractivity contribution is 5.85. The van der Waals surface area contributed by atoms with Gasteiger partial charge in [0, 0.05) is 62.0 Å². The molecule has 0 fully saturated rings. The summed E-state index contributed by atoms with van der Waals surface area (Å²) in [7, 11) is 3.64. The van der Waals surface area contributed by atoms with Crippen LogP contribution in [0.2, 0.25) is 0 Å². The lowest BCUT2D eigenvalue weighted by Gasteiger charge is -2.28. The van der Waals surface area contributed by atoms with Gasteiger partial charge in [-0.25, -0.2) is 9.97 Å². The largest absolute Gasteiger partial charge is 0.497 e. The Bertz CT molecular complexity index is 997. The Labute approximate surface area is 154 Å². The predicted octanol–water partition coefficient (Wildman–Crippen LogP) is 3.55. The summed E-state index contributed by atoms with van der Waals surface area (Å²) >= 11 is 0. The van der Waals surface area contributed by atoms with Crippen LogP contribution in [0.1, 0.15) is 22.6 Å². The number of hydrogen-bond acceptors (Lipinski definition) is 4. The van der Waals surface area contributed by atoms with Crippen molar-refractivity contribution in [2.75, 3.05) is 13.7 Å². The third kappa shape index (κ3) is 3.37. The van der Waals surface area contributed by atoms with E-state index in [2.05, 4.69) is 25.6 Å². The number of rotatable bonds is 3. The molecular formula is C19H19F3N4O. The molecule has 3 heterocycles. The Morgan fingerprint density at radius 3 is 2.81 bits per heavy atom. The second-order valence-electron chi connectivity index (χ2n) is 6.77. The van der Waals surface area contributed by atoms with Gasteiger partial charge in [-0.1, -0.05) is 0 Å².